The topological polar surface area (TPSA) is 107 Å². The molecule has 9 heteroatoms. The van der Waals surface area contributed by atoms with Crippen LogP contribution in [-0.4, -0.2) is 56.0 Å². The van der Waals surface area contributed by atoms with Crippen molar-refractivity contribution in [3.05, 3.63) is 78.1 Å². The summed E-state index contributed by atoms with van der Waals surface area (Å²) in [4.78, 5) is 36.1. The lowest BCUT2D eigenvalue weighted by atomic mass is 9.95. The van der Waals surface area contributed by atoms with Gasteiger partial charge in [0.2, 0.25) is 0 Å². The average Bonchev–Trinajstić information content (AvgIpc) is 3.52. The number of aryl methyl sites for hydroxylation is 1. The van der Waals surface area contributed by atoms with Crippen molar-refractivity contribution in [3.8, 4) is 11.5 Å². The zero-order valence-corrected chi connectivity index (χ0v) is 22.0. The van der Waals surface area contributed by atoms with Gasteiger partial charge in [0.05, 0.1) is 31.2 Å². The molecule has 1 amide bonds. The molecule has 1 saturated heterocycles. The minimum atomic E-state index is -0.783. The molecule has 1 N–H and O–H groups in total. The predicted octanol–water partition coefficient (Wildman–Crippen LogP) is 4.61. The van der Waals surface area contributed by atoms with Crippen LogP contribution in [0.5, 0.6) is 11.5 Å². The van der Waals surface area contributed by atoms with E-state index in [1.54, 1.807) is 36.8 Å². The summed E-state index contributed by atoms with van der Waals surface area (Å²) in [6, 6.07) is 7.86. The van der Waals surface area contributed by atoms with Gasteiger partial charge in [-0.2, -0.15) is 0 Å². The number of hydrogen-bond donors (Lipinski definition) is 1. The summed E-state index contributed by atoms with van der Waals surface area (Å²) in [7, 11) is 0. The maximum absolute atomic E-state index is 13.3. The quantitative estimate of drug-likeness (QED) is 0.212. The molecule has 200 valence electrons. The van der Waals surface area contributed by atoms with Crippen LogP contribution in [0, 0.1) is 5.92 Å². The summed E-state index contributed by atoms with van der Waals surface area (Å²) in [5.74, 6) is 0.0286. The average molecular weight is 519 g/mol. The van der Waals surface area contributed by atoms with Crippen LogP contribution in [0.4, 0.5) is 0 Å². The highest BCUT2D eigenvalue weighted by atomic mass is 16.5. The Morgan fingerprint density at radius 3 is 2.50 bits per heavy atom. The molecule has 0 aliphatic carbocycles. The number of rotatable bonds is 12. The Morgan fingerprint density at radius 2 is 1.82 bits per heavy atom. The Labute approximate surface area is 222 Å². The Balaban J connectivity index is 1.72. The molecule has 2 aromatic heterocycles. The molecule has 0 bridgehead atoms. The van der Waals surface area contributed by atoms with Crippen molar-refractivity contribution in [2.45, 2.75) is 46.2 Å². The highest BCUT2D eigenvalue weighted by molar-refractivity contribution is 6.46. The van der Waals surface area contributed by atoms with Gasteiger partial charge in [0, 0.05) is 43.4 Å². The number of carbonyl (C=O) groups is 2. The van der Waals surface area contributed by atoms with Crippen LogP contribution in [0.1, 0.15) is 50.8 Å². The lowest BCUT2D eigenvalue weighted by Crippen LogP contribution is -2.31. The first-order valence-electron chi connectivity index (χ1n) is 12.9. The van der Waals surface area contributed by atoms with Crippen LogP contribution in [0.2, 0.25) is 0 Å². The first kappa shape index (κ1) is 26.9. The van der Waals surface area contributed by atoms with E-state index in [-0.39, 0.29) is 11.3 Å². The number of benzene rings is 1. The van der Waals surface area contributed by atoms with E-state index in [2.05, 4.69) is 23.8 Å². The minimum absolute atomic E-state index is 0.0414. The highest BCUT2D eigenvalue weighted by Gasteiger charge is 2.46. The van der Waals surface area contributed by atoms with Gasteiger partial charge in [0.25, 0.3) is 11.7 Å². The van der Waals surface area contributed by atoms with Crippen molar-refractivity contribution in [2.75, 3.05) is 19.8 Å². The molecule has 0 saturated carbocycles. The van der Waals surface area contributed by atoms with E-state index in [0.717, 1.165) is 6.42 Å². The normalized spacial score (nSPS) is 16.8. The van der Waals surface area contributed by atoms with Crippen LogP contribution in [0.15, 0.2) is 67.0 Å². The molecule has 4 rings (SSSR count). The number of nitrogens with zero attached hydrogens (tertiary/aromatic N) is 4. The van der Waals surface area contributed by atoms with E-state index in [1.807, 2.05) is 23.8 Å². The summed E-state index contributed by atoms with van der Waals surface area (Å²) in [6.07, 6.45) is 9.81. The molecule has 3 heterocycles. The lowest BCUT2D eigenvalue weighted by molar-refractivity contribution is -0.139. The predicted molar refractivity (Wildman–Crippen MR) is 143 cm³/mol. The molecule has 0 radical (unpaired) electrons. The second-order valence-electron chi connectivity index (χ2n) is 9.55. The minimum Gasteiger partial charge on any atom is -0.507 e. The number of pyridine rings is 1. The second kappa shape index (κ2) is 12.4. The Bertz CT molecular complexity index is 1270. The third-order valence-corrected chi connectivity index (χ3v) is 6.40. The van der Waals surface area contributed by atoms with Gasteiger partial charge >= 0.3 is 0 Å². The maximum atomic E-state index is 13.3. The van der Waals surface area contributed by atoms with Crippen LogP contribution in [0.3, 0.4) is 0 Å². The van der Waals surface area contributed by atoms with Crippen LogP contribution < -0.4 is 9.47 Å². The van der Waals surface area contributed by atoms with Crippen molar-refractivity contribution in [1.82, 2.24) is 19.4 Å². The highest BCUT2D eigenvalue weighted by Crippen LogP contribution is 2.42. The Morgan fingerprint density at radius 1 is 1.03 bits per heavy atom. The van der Waals surface area contributed by atoms with Crippen molar-refractivity contribution >= 4 is 17.4 Å². The zero-order valence-electron chi connectivity index (χ0n) is 22.0. The van der Waals surface area contributed by atoms with Crippen LogP contribution in [-0.2, 0) is 16.1 Å². The van der Waals surface area contributed by atoms with E-state index in [4.69, 9.17) is 9.47 Å². The molecule has 3 aromatic rings. The smallest absolute Gasteiger partial charge is 0.295 e. The van der Waals surface area contributed by atoms with Gasteiger partial charge < -0.3 is 24.0 Å². The maximum Gasteiger partial charge on any atom is 0.295 e. The summed E-state index contributed by atoms with van der Waals surface area (Å²) >= 11 is 0. The molecule has 0 spiro atoms. The fourth-order valence-corrected chi connectivity index (χ4v) is 4.45. The molecule has 9 nitrogen and oxygen atoms in total. The SMILES string of the molecule is CCOc1cc(C2C(=C(O)c3ccncc3)C(=O)C(=O)N2CCCn2ccnc2)ccc1OCCC(C)C. The molecular formula is C29H34N4O5. The van der Waals surface area contributed by atoms with Crippen molar-refractivity contribution < 1.29 is 24.2 Å². The molecule has 1 aliphatic rings. The first-order valence-corrected chi connectivity index (χ1v) is 12.9. The number of hydrogen-bond acceptors (Lipinski definition) is 7. The number of Topliss-reactive ketones (excluding diaryl/α,β-unsaturated/α-hetero) is 1. The number of ketones is 1. The van der Waals surface area contributed by atoms with Crippen LogP contribution in [0.25, 0.3) is 5.76 Å². The Kier molecular flexibility index (Phi) is 8.78. The number of aliphatic hydroxyl groups excluding tert-OH is 1. The summed E-state index contributed by atoms with van der Waals surface area (Å²) in [6.45, 7) is 8.07. The van der Waals surface area contributed by atoms with Gasteiger partial charge in [-0.05, 0) is 55.5 Å². The molecule has 1 unspecified atom stereocenters. The summed E-state index contributed by atoms with van der Waals surface area (Å²) in [5.41, 5.74) is 1.11. The van der Waals surface area contributed by atoms with Gasteiger partial charge in [0.1, 0.15) is 5.76 Å². The third-order valence-electron chi connectivity index (χ3n) is 6.40. The number of imidazole rings is 1. The van der Waals surface area contributed by atoms with Crippen LogP contribution >= 0.6 is 0 Å². The monoisotopic (exact) mass is 518 g/mol. The second-order valence-corrected chi connectivity index (χ2v) is 9.55. The third kappa shape index (κ3) is 6.04. The van der Waals surface area contributed by atoms with Gasteiger partial charge in [0.15, 0.2) is 11.5 Å². The zero-order chi connectivity index (χ0) is 27.1. The molecule has 38 heavy (non-hydrogen) atoms. The number of carbonyl (C=O) groups excluding carboxylic acids is 2. The molecule has 1 aliphatic heterocycles. The standard InChI is InChI=1S/C29H34N4O5/c1-4-37-24-18-22(6-7-23(24)38-17-10-20(2)3)26-25(27(34)21-8-11-30-12-9-21)28(35)29(36)33(26)15-5-14-32-16-13-31-19-32/h6-9,11-13,16,18-20,26,34H,4-5,10,14-15,17H2,1-3H3. The summed E-state index contributed by atoms with van der Waals surface area (Å²) in [5, 5.41) is 11.2. The van der Waals surface area contributed by atoms with E-state index in [9.17, 15) is 14.7 Å². The van der Waals surface area contributed by atoms with Gasteiger partial charge in [-0.1, -0.05) is 19.9 Å². The van der Waals surface area contributed by atoms with Crippen molar-refractivity contribution in [1.29, 1.82) is 0 Å². The molecule has 1 fully saturated rings. The summed E-state index contributed by atoms with van der Waals surface area (Å²) < 4.78 is 13.8. The number of ether oxygens (including phenoxy) is 2. The van der Waals surface area contributed by atoms with Crippen molar-refractivity contribution in [2.24, 2.45) is 5.92 Å². The number of aromatic nitrogens is 3. The van der Waals surface area contributed by atoms with E-state index in [1.165, 1.54) is 17.3 Å². The molecular weight excluding hydrogens is 484 g/mol. The van der Waals surface area contributed by atoms with Crippen molar-refractivity contribution in [3.63, 3.8) is 0 Å². The van der Waals surface area contributed by atoms with E-state index >= 15 is 0 Å². The Hall–Kier alpha value is -4.14. The number of aliphatic hydroxyl groups is 1. The van der Waals surface area contributed by atoms with Gasteiger partial charge in [-0.25, -0.2) is 4.98 Å². The fraction of sp³-hybridized carbons (Fsp3) is 0.379. The van der Waals surface area contributed by atoms with Gasteiger partial charge in [-0.15, -0.1) is 0 Å². The molecule has 1 aromatic carbocycles. The largest absolute Gasteiger partial charge is 0.507 e. The number of likely N-dealkylation sites (tertiary alicyclic amines) is 1. The van der Waals surface area contributed by atoms with E-state index < -0.39 is 17.7 Å². The lowest BCUT2D eigenvalue weighted by Gasteiger charge is -2.26. The van der Waals surface area contributed by atoms with E-state index in [0.29, 0.717) is 61.3 Å². The fourth-order valence-electron chi connectivity index (χ4n) is 4.45. The first-order chi connectivity index (χ1) is 18.4. The molecule has 1 atom stereocenters. The van der Waals surface area contributed by atoms with Gasteiger partial charge in [-0.3, -0.25) is 14.6 Å². The number of amides is 1.